The van der Waals surface area contributed by atoms with Crippen LogP contribution in [-0.4, -0.2) is 10.2 Å². The van der Waals surface area contributed by atoms with Gasteiger partial charge in [-0.2, -0.15) is 0 Å². The van der Waals surface area contributed by atoms with Crippen LogP contribution in [0.2, 0.25) is 0 Å². The molecule has 1 aromatic heterocycles. The van der Waals surface area contributed by atoms with Crippen molar-refractivity contribution in [1.82, 2.24) is 10.2 Å². The van der Waals surface area contributed by atoms with E-state index in [-0.39, 0.29) is 6.10 Å². The molecule has 0 amide bonds. The van der Waals surface area contributed by atoms with Crippen molar-refractivity contribution in [2.24, 2.45) is 0 Å². The molecule has 2 aromatic rings. The van der Waals surface area contributed by atoms with Crippen LogP contribution < -0.4 is 10.5 Å². The topological polar surface area (TPSA) is 68.1 Å². The van der Waals surface area contributed by atoms with E-state index in [9.17, 15) is 4.79 Å². The van der Waals surface area contributed by atoms with Gasteiger partial charge in [-0.25, -0.2) is 9.89 Å². The van der Waals surface area contributed by atoms with Crippen LogP contribution in [0.25, 0.3) is 0 Å². The summed E-state index contributed by atoms with van der Waals surface area (Å²) in [4.78, 5) is 10.8. The Morgan fingerprint density at radius 2 is 2.27 bits per heavy atom. The molecule has 3 rings (SSSR count). The third-order valence-corrected chi connectivity index (χ3v) is 2.38. The second kappa shape index (κ2) is 2.98. The third-order valence-electron chi connectivity index (χ3n) is 2.38. The Morgan fingerprint density at radius 3 is 3.00 bits per heavy atom. The Hall–Kier alpha value is -2.04. The summed E-state index contributed by atoms with van der Waals surface area (Å²) >= 11 is 0. The van der Waals surface area contributed by atoms with Crippen LogP contribution in [0.15, 0.2) is 33.5 Å². The fourth-order valence-electron chi connectivity index (χ4n) is 1.70. The van der Waals surface area contributed by atoms with Crippen molar-refractivity contribution in [3.8, 4) is 5.75 Å². The Kier molecular flexibility index (Phi) is 1.65. The van der Waals surface area contributed by atoms with Gasteiger partial charge in [0.05, 0.1) is 0 Å². The number of aromatic amines is 1. The van der Waals surface area contributed by atoms with Crippen LogP contribution in [0.5, 0.6) is 5.75 Å². The van der Waals surface area contributed by atoms with Crippen molar-refractivity contribution >= 4 is 0 Å². The maximum absolute atomic E-state index is 10.8. The third kappa shape index (κ3) is 1.32. The number of hydrogen-bond acceptors (Lipinski definition) is 4. The lowest BCUT2D eigenvalue weighted by molar-refractivity contribution is 0.195. The number of hydrogen-bond donors (Lipinski definition) is 1. The van der Waals surface area contributed by atoms with E-state index in [1.165, 1.54) is 0 Å². The highest BCUT2D eigenvalue weighted by Crippen LogP contribution is 2.34. The van der Waals surface area contributed by atoms with Crippen molar-refractivity contribution < 1.29 is 9.15 Å². The van der Waals surface area contributed by atoms with E-state index in [1.54, 1.807) is 0 Å². The van der Waals surface area contributed by atoms with Crippen molar-refractivity contribution in [3.63, 3.8) is 0 Å². The Balaban J connectivity index is 1.93. The minimum absolute atomic E-state index is 0.290. The number of para-hydroxylation sites is 1. The molecule has 5 heteroatoms. The highest BCUT2D eigenvalue weighted by atomic mass is 16.5. The summed E-state index contributed by atoms with van der Waals surface area (Å²) < 4.78 is 10.4. The fourth-order valence-corrected chi connectivity index (χ4v) is 1.70. The van der Waals surface area contributed by atoms with Gasteiger partial charge in [-0.3, -0.25) is 0 Å². The van der Waals surface area contributed by atoms with E-state index in [0.717, 1.165) is 11.3 Å². The van der Waals surface area contributed by atoms with E-state index in [2.05, 4.69) is 10.2 Å². The van der Waals surface area contributed by atoms with Gasteiger partial charge in [-0.05, 0) is 11.6 Å². The first-order valence-corrected chi connectivity index (χ1v) is 4.63. The number of rotatable bonds is 1. The molecule has 1 N–H and O–H groups in total. The normalized spacial score (nSPS) is 18.5. The lowest BCUT2D eigenvalue weighted by Crippen LogP contribution is -2.03. The van der Waals surface area contributed by atoms with E-state index in [0.29, 0.717) is 12.3 Å². The molecule has 0 radical (unpaired) electrons. The van der Waals surface area contributed by atoms with Crippen LogP contribution in [0.1, 0.15) is 17.6 Å². The summed E-state index contributed by atoms with van der Waals surface area (Å²) in [7, 11) is 0. The Morgan fingerprint density at radius 1 is 1.40 bits per heavy atom. The van der Waals surface area contributed by atoms with Gasteiger partial charge in [-0.15, -0.1) is 5.10 Å². The molecule has 1 unspecified atom stereocenters. The van der Waals surface area contributed by atoms with Crippen molar-refractivity contribution in [3.05, 3.63) is 46.3 Å². The van der Waals surface area contributed by atoms with Crippen molar-refractivity contribution in [1.29, 1.82) is 0 Å². The summed E-state index contributed by atoms with van der Waals surface area (Å²) in [6.45, 7) is 0. The number of benzene rings is 1. The largest absolute Gasteiger partial charge is 0.480 e. The molecule has 1 aromatic carbocycles. The minimum Gasteiger partial charge on any atom is -0.480 e. The predicted octanol–water partition coefficient (Wildman–Crippen LogP) is 1.04. The van der Waals surface area contributed by atoms with Crippen molar-refractivity contribution in [2.75, 3.05) is 0 Å². The average Bonchev–Trinajstić information content (AvgIpc) is 2.82. The van der Waals surface area contributed by atoms with E-state index in [4.69, 9.17) is 9.15 Å². The molecule has 1 aliphatic heterocycles. The van der Waals surface area contributed by atoms with Gasteiger partial charge in [0.1, 0.15) is 5.75 Å². The van der Waals surface area contributed by atoms with Crippen molar-refractivity contribution in [2.45, 2.75) is 12.5 Å². The SMILES string of the molecule is O=c1[nH]nc(C2Cc3ccccc3O2)o1. The molecular weight excluding hydrogens is 196 g/mol. The van der Waals surface area contributed by atoms with Gasteiger partial charge in [-0.1, -0.05) is 18.2 Å². The van der Waals surface area contributed by atoms with E-state index in [1.807, 2.05) is 24.3 Å². The number of H-pyrrole nitrogens is 1. The van der Waals surface area contributed by atoms with Crippen LogP contribution in [-0.2, 0) is 6.42 Å². The molecule has 0 saturated heterocycles. The Labute approximate surface area is 84.7 Å². The lowest BCUT2D eigenvalue weighted by atomic mass is 10.1. The average molecular weight is 204 g/mol. The highest BCUT2D eigenvalue weighted by molar-refractivity contribution is 5.37. The number of nitrogens with one attached hydrogen (secondary N) is 1. The number of nitrogens with zero attached hydrogens (tertiary/aromatic N) is 1. The number of fused-ring (bicyclic) bond motifs is 1. The second-order valence-electron chi connectivity index (χ2n) is 3.37. The zero-order chi connectivity index (χ0) is 10.3. The zero-order valence-corrected chi connectivity index (χ0v) is 7.77. The van der Waals surface area contributed by atoms with Gasteiger partial charge in [0, 0.05) is 6.42 Å². The second-order valence-corrected chi connectivity index (χ2v) is 3.37. The number of ether oxygens (including phenoxy) is 1. The molecule has 1 atom stereocenters. The molecular formula is C10H8N2O3. The predicted molar refractivity (Wildman–Crippen MR) is 50.6 cm³/mol. The van der Waals surface area contributed by atoms with Gasteiger partial charge < -0.3 is 9.15 Å². The van der Waals surface area contributed by atoms with Crippen LogP contribution >= 0.6 is 0 Å². The molecule has 0 fully saturated rings. The molecule has 5 nitrogen and oxygen atoms in total. The minimum atomic E-state index is -0.551. The molecule has 2 heterocycles. The molecule has 15 heavy (non-hydrogen) atoms. The summed E-state index contributed by atoms with van der Waals surface area (Å²) in [5.41, 5.74) is 1.10. The molecule has 0 saturated carbocycles. The maximum Gasteiger partial charge on any atom is 0.434 e. The first-order valence-electron chi connectivity index (χ1n) is 4.63. The first-order chi connectivity index (χ1) is 7.33. The smallest absolute Gasteiger partial charge is 0.434 e. The summed E-state index contributed by atoms with van der Waals surface area (Å²) in [5.74, 6) is 0.578. The molecule has 0 spiro atoms. The first kappa shape index (κ1) is 8.28. The summed E-state index contributed by atoms with van der Waals surface area (Å²) in [5, 5.41) is 5.97. The Bertz CT molecular complexity index is 518. The quantitative estimate of drug-likeness (QED) is 0.753. The maximum atomic E-state index is 10.8. The van der Waals surface area contributed by atoms with E-state index < -0.39 is 5.76 Å². The van der Waals surface area contributed by atoms with Crippen LogP contribution in [0.4, 0.5) is 0 Å². The van der Waals surface area contributed by atoms with E-state index >= 15 is 0 Å². The van der Waals surface area contributed by atoms with Crippen LogP contribution in [0.3, 0.4) is 0 Å². The highest BCUT2D eigenvalue weighted by Gasteiger charge is 2.27. The molecule has 0 bridgehead atoms. The molecule has 76 valence electrons. The van der Waals surface area contributed by atoms with Gasteiger partial charge in [0.15, 0.2) is 6.10 Å². The van der Waals surface area contributed by atoms with Gasteiger partial charge in [0.2, 0.25) is 0 Å². The standard InChI is InChI=1S/C10H8N2O3/c13-10-12-11-9(15-10)8-5-6-3-1-2-4-7(6)14-8/h1-4,8H,5H2,(H,12,13). The monoisotopic (exact) mass is 204 g/mol. The molecule has 0 aliphatic carbocycles. The fraction of sp³-hybridized carbons (Fsp3) is 0.200. The molecule has 1 aliphatic rings. The lowest BCUT2D eigenvalue weighted by Gasteiger charge is -2.03. The summed E-state index contributed by atoms with van der Waals surface area (Å²) in [6, 6.07) is 7.73. The van der Waals surface area contributed by atoms with Gasteiger partial charge >= 0.3 is 5.76 Å². The number of aromatic nitrogens is 2. The summed E-state index contributed by atoms with van der Waals surface area (Å²) in [6.07, 6.45) is 0.394. The zero-order valence-electron chi connectivity index (χ0n) is 7.77. The van der Waals surface area contributed by atoms with Gasteiger partial charge in [0.25, 0.3) is 5.89 Å². The van der Waals surface area contributed by atoms with Crippen LogP contribution in [0, 0.1) is 0 Å².